The molecule has 3 N–H and O–H groups in total. The number of rotatable bonds is 6. The van der Waals surface area contributed by atoms with Gasteiger partial charge in [-0.05, 0) is 38.1 Å². The minimum atomic E-state index is -0.470. The van der Waals surface area contributed by atoms with Crippen molar-refractivity contribution in [3.05, 3.63) is 59.9 Å². The highest BCUT2D eigenvalue weighted by Crippen LogP contribution is 2.20. The molecule has 1 saturated heterocycles. The molecule has 1 aromatic carbocycles. The lowest BCUT2D eigenvalue weighted by Crippen LogP contribution is -2.50. The van der Waals surface area contributed by atoms with Gasteiger partial charge in [-0.3, -0.25) is 4.79 Å². The zero-order valence-electron chi connectivity index (χ0n) is 19.0. The van der Waals surface area contributed by atoms with Gasteiger partial charge < -0.3 is 30.2 Å². The quantitative estimate of drug-likeness (QED) is 0.508. The number of halogens is 1. The number of piperazine rings is 1. The molecule has 178 valence electrons. The topological polar surface area (TPSA) is 116 Å². The Labute approximate surface area is 196 Å². The third kappa shape index (κ3) is 5.25. The predicted octanol–water partition coefficient (Wildman–Crippen LogP) is 3.56. The second-order valence-corrected chi connectivity index (χ2v) is 7.71. The van der Waals surface area contributed by atoms with Gasteiger partial charge >= 0.3 is 6.03 Å². The van der Waals surface area contributed by atoms with Crippen LogP contribution in [0.5, 0.6) is 0 Å². The summed E-state index contributed by atoms with van der Waals surface area (Å²) in [6.07, 6.45) is 1.57. The number of anilines is 4. The third-order valence-electron chi connectivity index (χ3n) is 5.34. The van der Waals surface area contributed by atoms with Crippen molar-refractivity contribution in [3.63, 3.8) is 0 Å². The van der Waals surface area contributed by atoms with Crippen LogP contribution in [0.15, 0.2) is 47.0 Å². The molecule has 3 aromatic rings. The number of aryl methyl sites for hydroxylation is 1. The number of oxazole rings is 1. The molecule has 34 heavy (non-hydrogen) atoms. The molecule has 0 aliphatic carbocycles. The number of para-hydroxylation sites is 1. The first kappa shape index (κ1) is 23.0. The van der Waals surface area contributed by atoms with Crippen LogP contribution in [0.1, 0.15) is 23.2 Å². The summed E-state index contributed by atoms with van der Waals surface area (Å²) in [5.74, 6) is 0.00262. The molecular weight excluding hydrogens is 441 g/mol. The second kappa shape index (κ2) is 10.2. The molecule has 0 spiro atoms. The zero-order valence-corrected chi connectivity index (χ0v) is 19.0. The highest BCUT2D eigenvalue weighted by atomic mass is 19.1. The summed E-state index contributed by atoms with van der Waals surface area (Å²) >= 11 is 0. The van der Waals surface area contributed by atoms with Crippen molar-refractivity contribution >= 4 is 35.1 Å². The van der Waals surface area contributed by atoms with Gasteiger partial charge in [0.05, 0.1) is 23.3 Å². The van der Waals surface area contributed by atoms with Crippen LogP contribution in [0, 0.1) is 12.7 Å². The summed E-state index contributed by atoms with van der Waals surface area (Å²) in [5.41, 5.74) is 1.18. The standard InChI is InChI=1S/C23H26FN7O3/c1-3-25-22-27-15(2)20(34-22)21(32)28-16-8-9-19(26-14-16)30-10-12-31(13-11-30)23(33)29-18-7-5-4-6-17(18)24/h4-9,14H,3,10-13H2,1-2H3,(H,25,27)(H,28,32)(H,29,33). The lowest BCUT2D eigenvalue weighted by atomic mass is 10.3. The first-order chi connectivity index (χ1) is 16.4. The maximum absolute atomic E-state index is 13.8. The number of pyridine rings is 1. The Bertz CT molecular complexity index is 1160. The molecule has 4 rings (SSSR count). The third-order valence-corrected chi connectivity index (χ3v) is 5.34. The SMILES string of the molecule is CCNc1nc(C)c(C(=O)Nc2ccc(N3CCN(C(=O)Nc4ccccc4F)CC3)nc2)o1. The van der Waals surface area contributed by atoms with E-state index in [0.29, 0.717) is 50.1 Å². The average Bonchev–Trinajstić information content (AvgIpc) is 3.21. The Morgan fingerprint density at radius 3 is 2.53 bits per heavy atom. The lowest BCUT2D eigenvalue weighted by molar-refractivity contribution is 0.0996. The minimum Gasteiger partial charge on any atom is -0.418 e. The van der Waals surface area contributed by atoms with Gasteiger partial charge in [0.25, 0.3) is 11.9 Å². The lowest BCUT2D eigenvalue weighted by Gasteiger charge is -2.35. The number of carbonyl (C=O) groups is 2. The molecule has 10 nitrogen and oxygen atoms in total. The summed E-state index contributed by atoms with van der Waals surface area (Å²) in [6, 6.07) is 9.61. The largest absolute Gasteiger partial charge is 0.418 e. The van der Waals surface area contributed by atoms with E-state index in [2.05, 4.69) is 25.9 Å². The van der Waals surface area contributed by atoms with Crippen molar-refractivity contribution in [2.45, 2.75) is 13.8 Å². The number of urea groups is 1. The van der Waals surface area contributed by atoms with Crippen LogP contribution in [0.4, 0.5) is 32.4 Å². The minimum absolute atomic E-state index is 0.143. The van der Waals surface area contributed by atoms with Gasteiger partial charge in [0.1, 0.15) is 11.6 Å². The van der Waals surface area contributed by atoms with Crippen molar-refractivity contribution in [1.29, 1.82) is 0 Å². The Morgan fingerprint density at radius 1 is 1.09 bits per heavy atom. The fourth-order valence-electron chi connectivity index (χ4n) is 3.56. The summed E-state index contributed by atoms with van der Waals surface area (Å²) in [5, 5.41) is 8.30. The fourth-order valence-corrected chi connectivity index (χ4v) is 3.56. The van der Waals surface area contributed by atoms with Gasteiger partial charge in [-0.2, -0.15) is 4.98 Å². The summed E-state index contributed by atoms with van der Waals surface area (Å²) in [4.78, 5) is 37.3. The summed E-state index contributed by atoms with van der Waals surface area (Å²) in [7, 11) is 0. The van der Waals surface area contributed by atoms with Crippen molar-refractivity contribution < 1.29 is 18.4 Å². The number of amides is 3. The maximum atomic E-state index is 13.8. The van der Waals surface area contributed by atoms with Crippen LogP contribution < -0.4 is 20.9 Å². The summed E-state index contributed by atoms with van der Waals surface area (Å²) < 4.78 is 19.2. The van der Waals surface area contributed by atoms with E-state index in [1.165, 1.54) is 12.1 Å². The van der Waals surface area contributed by atoms with Crippen LogP contribution in [-0.2, 0) is 0 Å². The molecule has 3 amide bonds. The van der Waals surface area contributed by atoms with E-state index in [1.54, 1.807) is 36.2 Å². The highest BCUT2D eigenvalue weighted by molar-refractivity contribution is 6.03. The molecule has 0 unspecified atom stereocenters. The van der Waals surface area contributed by atoms with Gasteiger partial charge in [0.2, 0.25) is 5.76 Å². The van der Waals surface area contributed by atoms with Crippen molar-refractivity contribution in [1.82, 2.24) is 14.9 Å². The Morgan fingerprint density at radius 2 is 1.85 bits per heavy atom. The number of nitrogens with zero attached hydrogens (tertiary/aromatic N) is 4. The second-order valence-electron chi connectivity index (χ2n) is 7.71. The Hall–Kier alpha value is -4.15. The van der Waals surface area contributed by atoms with Gasteiger partial charge in [0, 0.05) is 32.7 Å². The van der Waals surface area contributed by atoms with E-state index in [1.807, 2.05) is 17.9 Å². The first-order valence-corrected chi connectivity index (χ1v) is 11.0. The molecule has 1 aliphatic rings. The number of benzene rings is 1. The smallest absolute Gasteiger partial charge is 0.322 e. The highest BCUT2D eigenvalue weighted by Gasteiger charge is 2.23. The van der Waals surface area contributed by atoms with Gasteiger partial charge in [-0.15, -0.1) is 0 Å². The molecule has 2 aromatic heterocycles. The van der Waals surface area contributed by atoms with E-state index < -0.39 is 11.7 Å². The van der Waals surface area contributed by atoms with Gasteiger partial charge in [0.15, 0.2) is 0 Å². The van der Waals surface area contributed by atoms with E-state index in [0.717, 1.165) is 5.82 Å². The Balaban J connectivity index is 1.30. The first-order valence-electron chi connectivity index (χ1n) is 11.0. The normalized spacial score (nSPS) is 13.5. The number of hydrogen-bond donors (Lipinski definition) is 3. The van der Waals surface area contributed by atoms with Crippen molar-refractivity contribution in [2.24, 2.45) is 0 Å². The molecule has 11 heteroatoms. The van der Waals surface area contributed by atoms with Crippen LogP contribution in [0.3, 0.4) is 0 Å². The number of nitrogens with one attached hydrogen (secondary N) is 3. The molecular formula is C23H26FN7O3. The van der Waals surface area contributed by atoms with Crippen LogP contribution in [0.25, 0.3) is 0 Å². The summed E-state index contributed by atoms with van der Waals surface area (Å²) in [6.45, 7) is 6.35. The van der Waals surface area contributed by atoms with Crippen molar-refractivity contribution in [3.8, 4) is 0 Å². The maximum Gasteiger partial charge on any atom is 0.322 e. The molecule has 0 atom stereocenters. The van der Waals surface area contributed by atoms with Crippen molar-refractivity contribution in [2.75, 3.05) is 53.6 Å². The van der Waals surface area contributed by atoms with E-state index in [4.69, 9.17) is 4.42 Å². The average molecular weight is 468 g/mol. The Kier molecular flexibility index (Phi) is 6.90. The predicted molar refractivity (Wildman–Crippen MR) is 127 cm³/mol. The van der Waals surface area contributed by atoms with Crippen LogP contribution in [-0.4, -0.2) is 59.5 Å². The van der Waals surface area contributed by atoms with Crippen LogP contribution >= 0.6 is 0 Å². The van der Waals surface area contributed by atoms with Gasteiger partial charge in [-0.1, -0.05) is 12.1 Å². The molecule has 0 radical (unpaired) electrons. The zero-order chi connectivity index (χ0) is 24.1. The molecule has 1 fully saturated rings. The van der Waals surface area contributed by atoms with Gasteiger partial charge in [-0.25, -0.2) is 14.2 Å². The molecule has 1 aliphatic heterocycles. The number of carbonyl (C=O) groups excluding carboxylic acids is 2. The number of aromatic nitrogens is 2. The van der Waals surface area contributed by atoms with E-state index in [9.17, 15) is 14.0 Å². The molecule has 0 saturated carbocycles. The van der Waals surface area contributed by atoms with Crippen LogP contribution in [0.2, 0.25) is 0 Å². The van der Waals surface area contributed by atoms with E-state index >= 15 is 0 Å². The fraction of sp³-hybridized carbons (Fsp3) is 0.304. The molecule has 0 bridgehead atoms. The number of hydrogen-bond acceptors (Lipinski definition) is 7. The van der Waals surface area contributed by atoms with E-state index in [-0.39, 0.29) is 17.5 Å². The monoisotopic (exact) mass is 467 g/mol. The molecule has 3 heterocycles.